The fraction of sp³-hybridized carbons (Fsp3) is 0.400. The number of ketones is 2. The molecule has 0 atom stereocenters. The van der Waals surface area contributed by atoms with Gasteiger partial charge in [0, 0.05) is 46.9 Å². The van der Waals surface area contributed by atoms with E-state index in [4.69, 9.17) is 4.74 Å². The predicted octanol–water partition coefficient (Wildman–Crippen LogP) is 6.38. The summed E-state index contributed by atoms with van der Waals surface area (Å²) in [6, 6.07) is 14.1. The van der Waals surface area contributed by atoms with Crippen LogP contribution in [0.5, 0.6) is 5.75 Å². The summed E-state index contributed by atoms with van der Waals surface area (Å²) in [7, 11) is 0. The average molecular weight is 474 g/mol. The number of rotatable bonds is 4. The molecule has 0 unspecified atom stereocenters. The summed E-state index contributed by atoms with van der Waals surface area (Å²) < 4.78 is 19.8. The molecule has 2 aromatic rings. The minimum atomic E-state index is -0.367. The Kier molecular flexibility index (Phi) is 5.70. The van der Waals surface area contributed by atoms with Gasteiger partial charge in [-0.2, -0.15) is 0 Å². The molecule has 0 bridgehead atoms. The van der Waals surface area contributed by atoms with E-state index in [9.17, 15) is 14.0 Å². The average Bonchev–Trinajstić information content (AvgIpc) is 2.76. The number of benzene rings is 2. The summed E-state index contributed by atoms with van der Waals surface area (Å²) in [5.74, 6) is 0.168. The van der Waals surface area contributed by atoms with E-state index in [1.54, 1.807) is 18.2 Å². The Hall–Kier alpha value is -3.21. The number of dihydropyridines is 1. The van der Waals surface area contributed by atoms with Crippen molar-refractivity contribution < 1.29 is 18.7 Å². The van der Waals surface area contributed by atoms with E-state index in [1.807, 2.05) is 24.3 Å². The molecule has 1 heterocycles. The second-order valence-electron chi connectivity index (χ2n) is 11.7. The normalized spacial score (nSPS) is 21.4. The third-order valence-electron chi connectivity index (χ3n) is 7.28. The first kappa shape index (κ1) is 23.5. The van der Waals surface area contributed by atoms with Gasteiger partial charge in [0.05, 0.1) is 0 Å². The highest BCUT2D eigenvalue weighted by molar-refractivity contribution is 6.06. The Morgan fingerprint density at radius 2 is 1.37 bits per heavy atom. The minimum Gasteiger partial charge on any atom is -0.489 e. The number of allylic oxidation sites excluding steroid dienone is 4. The molecular weight excluding hydrogens is 441 g/mol. The molecule has 5 rings (SSSR count). The van der Waals surface area contributed by atoms with Crippen molar-refractivity contribution in [2.24, 2.45) is 10.8 Å². The van der Waals surface area contributed by atoms with Gasteiger partial charge < -0.3 is 10.1 Å². The number of carbonyl (C=O) groups excluding carboxylic acids is 2. The smallest absolute Gasteiger partial charge is 0.162 e. The van der Waals surface area contributed by atoms with Crippen molar-refractivity contribution in [3.05, 3.63) is 88.0 Å². The fourth-order valence-corrected chi connectivity index (χ4v) is 5.76. The zero-order valence-electron chi connectivity index (χ0n) is 20.8. The van der Waals surface area contributed by atoms with Crippen LogP contribution in [-0.2, 0) is 16.2 Å². The number of hydrogen-bond acceptors (Lipinski definition) is 4. The molecular formula is C30H32FNO3. The van der Waals surface area contributed by atoms with Gasteiger partial charge in [-0.15, -0.1) is 0 Å². The van der Waals surface area contributed by atoms with Crippen LogP contribution in [0, 0.1) is 16.6 Å². The van der Waals surface area contributed by atoms with Gasteiger partial charge in [0.1, 0.15) is 18.2 Å². The number of nitrogens with one attached hydrogen (secondary N) is 1. The van der Waals surface area contributed by atoms with Crippen LogP contribution in [0.1, 0.15) is 70.4 Å². The Balaban J connectivity index is 1.50. The standard InChI is InChI=1S/C30H32FNO3/c1-29(2)13-22-27(24(33)15-29)26(28-23(32-22)14-30(3,4)16-25(28)34)18-9-11-20(12-10-18)35-17-19-7-5-6-8-21(19)31/h5-12,26,32H,13-17H2,1-4H3. The SMILES string of the molecule is CC1(C)CC(=O)C2=C(C1)NC1=C(C(=O)CC(C)(C)C1)C2c1ccc(OCc2ccccc2F)cc1. The molecule has 182 valence electrons. The molecule has 2 aromatic carbocycles. The predicted molar refractivity (Wildman–Crippen MR) is 133 cm³/mol. The van der Waals surface area contributed by atoms with Crippen molar-refractivity contribution in [2.45, 2.75) is 65.9 Å². The highest BCUT2D eigenvalue weighted by Crippen LogP contribution is 2.51. The first-order valence-corrected chi connectivity index (χ1v) is 12.3. The molecule has 1 aliphatic heterocycles. The Morgan fingerprint density at radius 3 is 1.91 bits per heavy atom. The van der Waals surface area contributed by atoms with Crippen LogP contribution in [0.3, 0.4) is 0 Å². The first-order chi connectivity index (χ1) is 16.5. The Morgan fingerprint density at radius 1 is 0.829 bits per heavy atom. The van der Waals surface area contributed by atoms with Crippen molar-refractivity contribution >= 4 is 11.6 Å². The van der Waals surface area contributed by atoms with Crippen LogP contribution >= 0.6 is 0 Å². The lowest BCUT2D eigenvalue weighted by molar-refractivity contribution is -0.119. The molecule has 1 N–H and O–H groups in total. The lowest BCUT2D eigenvalue weighted by Crippen LogP contribution is -2.42. The molecule has 0 saturated heterocycles. The Bertz CT molecular complexity index is 1210. The summed E-state index contributed by atoms with van der Waals surface area (Å²) in [4.78, 5) is 26.8. The van der Waals surface area contributed by atoms with E-state index in [0.717, 1.165) is 40.9 Å². The van der Waals surface area contributed by atoms with E-state index >= 15 is 0 Å². The van der Waals surface area contributed by atoms with E-state index in [1.165, 1.54) is 6.07 Å². The highest BCUT2D eigenvalue weighted by Gasteiger charge is 2.46. The number of ether oxygens (including phenoxy) is 1. The summed E-state index contributed by atoms with van der Waals surface area (Å²) >= 11 is 0. The van der Waals surface area contributed by atoms with Gasteiger partial charge in [-0.25, -0.2) is 4.39 Å². The van der Waals surface area contributed by atoms with Gasteiger partial charge >= 0.3 is 0 Å². The Labute approximate surface area is 206 Å². The van der Waals surface area contributed by atoms with Crippen molar-refractivity contribution in [2.75, 3.05) is 0 Å². The molecule has 0 spiro atoms. The maximum atomic E-state index is 13.9. The maximum Gasteiger partial charge on any atom is 0.162 e. The van der Waals surface area contributed by atoms with E-state index in [2.05, 4.69) is 33.0 Å². The molecule has 35 heavy (non-hydrogen) atoms. The van der Waals surface area contributed by atoms with Crippen LogP contribution in [0.25, 0.3) is 0 Å². The van der Waals surface area contributed by atoms with Crippen LogP contribution in [-0.4, -0.2) is 11.6 Å². The first-order valence-electron chi connectivity index (χ1n) is 12.3. The molecule has 0 amide bonds. The summed E-state index contributed by atoms with van der Waals surface area (Å²) in [5, 5.41) is 3.54. The van der Waals surface area contributed by atoms with Gasteiger partial charge in [-0.05, 0) is 47.4 Å². The third kappa shape index (κ3) is 4.56. The van der Waals surface area contributed by atoms with Gasteiger partial charge in [0.2, 0.25) is 0 Å². The number of hydrogen-bond donors (Lipinski definition) is 1. The zero-order chi connectivity index (χ0) is 25.0. The van der Waals surface area contributed by atoms with E-state index < -0.39 is 0 Å². The zero-order valence-corrected chi connectivity index (χ0v) is 20.8. The van der Waals surface area contributed by atoms with Crippen molar-refractivity contribution in [3.8, 4) is 5.75 Å². The quantitative estimate of drug-likeness (QED) is 0.560. The maximum absolute atomic E-state index is 13.9. The summed E-state index contributed by atoms with van der Waals surface area (Å²) in [5.41, 5.74) is 4.54. The largest absolute Gasteiger partial charge is 0.489 e. The second-order valence-corrected chi connectivity index (χ2v) is 11.7. The topological polar surface area (TPSA) is 55.4 Å². The summed E-state index contributed by atoms with van der Waals surface area (Å²) in [6.07, 6.45) is 2.49. The lowest BCUT2D eigenvalue weighted by atomic mass is 9.64. The van der Waals surface area contributed by atoms with Gasteiger partial charge in [0.25, 0.3) is 0 Å². The molecule has 5 heteroatoms. The highest BCUT2D eigenvalue weighted by atomic mass is 19.1. The van der Waals surface area contributed by atoms with Crippen molar-refractivity contribution in [1.82, 2.24) is 5.32 Å². The van der Waals surface area contributed by atoms with Gasteiger partial charge in [0.15, 0.2) is 11.6 Å². The molecule has 2 aliphatic carbocycles. The van der Waals surface area contributed by atoms with Crippen molar-refractivity contribution in [1.29, 1.82) is 0 Å². The van der Waals surface area contributed by atoms with Crippen LogP contribution in [0.2, 0.25) is 0 Å². The van der Waals surface area contributed by atoms with Crippen molar-refractivity contribution in [3.63, 3.8) is 0 Å². The van der Waals surface area contributed by atoms with Crippen LogP contribution < -0.4 is 10.1 Å². The third-order valence-corrected chi connectivity index (χ3v) is 7.28. The number of carbonyl (C=O) groups is 2. The molecule has 0 radical (unpaired) electrons. The minimum absolute atomic E-state index is 0.109. The van der Waals surface area contributed by atoms with Gasteiger partial charge in [-0.1, -0.05) is 58.0 Å². The molecule has 4 nitrogen and oxygen atoms in total. The fourth-order valence-electron chi connectivity index (χ4n) is 5.76. The molecule has 0 aromatic heterocycles. The van der Waals surface area contributed by atoms with E-state index in [0.29, 0.717) is 24.2 Å². The lowest BCUT2D eigenvalue weighted by Gasteiger charge is -2.44. The number of halogens is 1. The monoisotopic (exact) mass is 473 g/mol. The van der Waals surface area contributed by atoms with Crippen LogP contribution in [0.15, 0.2) is 71.1 Å². The summed E-state index contributed by atoms with van der Waals surface area (Å²) in [6.45, 7) is 8.60. The second kappa shape index (κ2) is 8.47. The molecule has 0 fully saturated rings. The molecule has 3 aliphatic rings. The number of Topliss-reactive ketones (excluding diaryl/α,β-unsaturated/α-hetero) is 2. The van der Waals surface area contributed by atoms with E-state index in [-0.39, 0.29) is 40.7 Å². The van der Waals surface area contributed by atoms with Crippen LogP contribution in [0.4, 0.5) is 4.39 Å². The van der Waals surface area contributed by atoms with Gasteiger partial charge in [-0.3, -0.25) is 9.59 Å². The molecule has 0 saturated carbocycles.